The van der Waals surface area contributed by atoms with Gasteiger partial charge in [0.15, 0.2) is 29.5 Å². The molecule has 1 saturated carbocycles. The molecule has 0 bridgehead atoms. The van der Waals surface area contributed by atoms with Crippen LogP contribution in [0.4, 0.5) is 0 Å². The molecule has 0 aromatic heterocycles. The number of hydrogen-bond acceptors (Lipinski definition) is 12. The highest BCUT2D eigenvalue weighted by Crippen LogP contribution is 2.57. The number of allylic oxidation sites excluding steroid dienone is 2. The van der Waals surface area contributed by atoms with Crippen LogP contribution in [0.2, 0.25) is 0 Å². The highest BCUT2D eigenvalue weighted by Gasteiger charge is 2.76. The van der Waals surface area contributed by atoms with Gasteiger partial charge in [0, 0.05) is 31.4 Å². The molecular weight excluding hydrogens is 588 g/mol. The van der Waals surface area contributed by atoms with E-state index in [2.05, 4.69) is 0 Å². The average Bonchev–Trinajstić information content (AvgIpc) is 3.24. The largest absolute Gasteiger partial charge is 0.459 e. The third-order valence-electron chi connectivity index (χ3n) is 8.89. The van der Waals surface area contributed by atoms with Gasteiger partial charge >= 0.3 is 29.8 Å². The molecule has 1 saturated heterocycles. The van der Waals surface area contributed by atoms with Gasteiger partial charge in [-0.2, -0.15) is 0 Å². The number of aliphatic hydroxyl groups is 2. The first kappa shape index (κ1) is 36.0. The lowest BCUT2D eigenvalue weighted by molar-refractivity contribution is -0.210. The summed E-state index contributed by atoms with van der Waals surface area (Å²) in [5.41, 5.74) is -5.70. The van der Waals surface area contributed by atoms with Crippen molar-refractivity contribution >= 4 is 29.8 Å². The Balaban J connectivity index is 2.33. The molecule has 2 aliphatic carbocycles. The number of esters is 5. The van der Waals surface area contributed by atoms with Crippen molar-refractivity contribution < 1.29 is 57.9 Å². The molecule has 0 unspecified atom stereocenters. The summed E-state index contributed by atoms with van der Waals surface area (Å²) >= 11 is 0. The standard InChI is InChI=1S/C33H46O12/c1-11-18(6)29(37)43-26-19(7)24-25(27(26)42-22(35)13-12-16(2)3)31(9,45-20(8)34)15-21(41-23(36)14-17(4)5)33(40)28(24)44-30(38)32(33,10)39/h11,14,16,21,25-28,39-40H,12-13,15H2,1-10H3/b18-11-/t21-,25+,26-,27-,28-,31-,32+,33+/m0/s1. The van der Waals surface area contributed by atoms with E-state index in [-0.39, 0.29) is 29.1 Å². The van der Waals surface area contributed by atoms with Gasteiger partial charge in [0.25, 0.3) is 0 Å². The van der Waals surface area contributed by atoms with Gasteiger partial charge in [-0.15, -0.1) is 0 Å². The van der Waals surface area contributed by atoms with E-state index < -0.39 is 83.4 Å². The van der Waals surface area contributed by atoms with Crippen molar-refractivity contribution in [3.63, 3.8) is 0 Å². The molecule has 12 heteroatoms. The number of rotatable bonds is 9. The summed E-state index contributed by atoms with van der Waals surface area (Å²) in [6.07, 6.45) is -3.08. The molecule has 3 rings (SSSR count). The van der Waals surface area contributed by atoms with Crippen molar-refractivity contribution in [1.29, 1.82) is 0 Å². The predicted octanol–water partition coefficient (Wildman–Crippen LogP) is 3.17. The van der Waals surface area contributed by atoms with E-state index in [1.165, 1.54) is 13.0 Å². The monoisotopic (exact) mass is 634 g/mol. The molecule has 0 radical (unpaired) electrons. The quantitative estimate of drug-likeness (QED) is 0.165. The third-order valence-corrected chi connectivity index (χ3v) is 8.89. The number of carbonyl (C=O) groups is 5. The summed E-state index contributed by atoms with van der Waals surface area (Å²) in [5.74, 6) is -5.13. The number of carbonyl (C=O) groups excluding carboxylic acids is 5. The van der Waals surface area contributed by atoms with Gasteiger partial charge in [0.05, 0.1) is 5.92 Å². The van der Waals surface area contributed by atoms with Crippen molar-refractivity contribution in [2.45, 2.75) is 130 Å². The van der Waals surface area contributed by atoms with Crippen LogP contribution in [0.15, 0.2) is 34.4 Å². The molecule has 0 aromatic carbocycles. The van der Waals surface area contributed by atoms with E-state index in [9.17, 15) is 34.2 Å². The summed E-state index contributed by atoms with van der Waals surface area (Å²) in [6.45, 7) is 15.7. The Morgan fingerprint density at radius 2 is 1.67 bits per heavy atom. The molecule has 45 heavy (non-hydrogen) atoms. The fourth-order valence-corrected chi connectivity index (χ4v) is 6.42. The van der Waals surface area contributed by atoms with Gasteiger partial charge in [-0.25, -0.2) is 14.4 Å². The Bertz CT molecular complexity index is 1330. The van der Waals surface area contributed by atoms with Crippen molar-refractivity contribution in [1.82, 2.24) is 0 Å². The normalized spacial score (nSPS) is 34.3. The Morgan fingerprint density at radius 1 is 1.04 bits per heavy atom. The van der Waals surface area contributed by atoms with Gasteiger partial charge in [-0.05, 0) is 72.0 Å². The van der Waals surface area contributed by atoms with E-state index in [0.29, 0.717) is 12.0 Å². The SMILES string of the molecule is C/C=C(/C)C(=O)O[C@H]1C(C)=C2[C@H]([C@@H]1OC(=O)CCC(C)C)[C@@](C)(OC(C)=O)C[C@H](OC(=O)C=C(C)C)[C@@]1(O)[C@H]2OC(=O)[C@@]1(C)O. The van der Waals surface area contributed by atoms with Gasteiger partial charge in [0.1, 0.15) is 11.7 Å². The first-order valence-electron chi connectivity index (χ1n) is 15.2. The molecule has 0 amide bonds. The molecule has 250 valence electrons. The molecule has 2 N–H and O–H groups in total. The van der Waals surface area contributed by atoms with Crippen LogP contribution in [0.3, 0.4) is 0 Å². The fraction of sp³-hybridized carbons (Fsp3) is 0.667. The molecule has 0 aromatic rings. The molecule has 12 nitrogen and oxygen atoms in total. The Morgan fingerprint density at radius 3 is 2.20 bits per heavy atom. The maximum Gasteiger partial charge on any atom is 0.341 e. The van der Waals surface area contributed by atoms with Gasteiger partial charge in [-0.1, -0.05) is 25.5 Å². The molecule has 0 spiro atoms. The van der Waals surface area contributed by atoms with Crippen molar-refractivity contribution in [3.05, 3.63) is 34.4 Å². The zero-order chi connectivity index (χ0) is 34.2. The lowest BCUT2D eigenvalue weighted by Gasteiger charge is -2.41. The smallest absolute Gasteiger partial charge is 0.341 e. The highest BCUT2D eigenvalue weighted by molar-refractivity contribution is 5.88. The fourth-order valence-electron chi connectivity index (χ4n) is 6.42. The van der Waals surface area contributed by atoms with Crippen LogP contribution in [0.25, 0.3) is 0 Å². The van der Waals surface area contributed by atoms with E-state index in [1.807, 2.05) is 13.8 Å². The zero-order valence-corrected chi connectivity index (χ0v) is 27.7. The Kier molecular flexibility index (Phi) is 10.5. The summed E-state index contributed by atoms with van der Waals surface area (Å²) < 4.78 is 29.2. The van der Waals surface area contributed by atoms with E-state index >= 15 is 0 Å². The van der Waals surface area contributed by atoms with Crippen LogP contribution < -0.4 is 0 Å². The molecule has 1 aliphatic heterocycles. The van der Waals surface area contributed by atoms with E-state index in [4.69, 9.17) is 23.7 Å². The lowest BCUT2D eigenvalue weighted by atomic mass is 9.75. The van der Waals surface area contributed by atoms with Gasteiger partial charge < -0.3 is 33.9 Å². The summed E-state index contributed by atoms with van der Waals surface area (Å²) in [7, 11) is 0. The number of ether oxygens (including phenoxy) is 5. The average molecular weight is 635 g/mol. The minimum atomic E-state index is -2.60. The maximum atomic E-state index is 13.2. The summed E-state index contributed by atoms with van der Waals surface area (Å²) in [6, 6.07) is 0. The molecule has 2 fully saturated rings. The lowest BCUT2D eigenvalue weighted by Crippen LogP contribution is -2.64. The second kappa shape index (κ2) is 13.1. The Labute approximate surface area is 263 Å². The van der Waals surface area contributed by atoms with E-state index in [1.54, 1.807) is 40.7 Å². The van der Waals surface area contributed by atoms with Crippen LogP contribution in [0.5, 0.6) is 0 Å². The minimum absolute atomic E-state index is 0.0358. The molecular formula is C33H46O12. The topological polar surface area (TPSA) is 172 Å². The molecule has 1 heterocycles. The van der Waals surface area contributed by atoms with E-state index in [0.717, 1.165) is 13.8 Å². The van der Waals surface area contributed by atoms with Crippen molar-refractivity contribution in [2.24, 2.45) is 11.8 Å². The van der Waals surface area contributed by atoms with Crippen LogP contribution in [-0.2, 0) is 47.7 Å². The maximum absolute atomic E-state index is 13.2. The third kappa shape index (κ3) is 6.72. The predicted molar refractivity (Wildman–Crippen MR) is 159 cm³/mol. The van der Waals surface area contributed by atoms with Crippen molar-refractivity contribution in [3.8, 4) is 0 Å². The van der Waals surface area contributed by atoms with Crippen LogP contribution in [0.1, 0.15) is 88.5 Å². The van der Waals surface area contributed by atoms with Crippen LogP contribution in [0, 0.1) is 11.8 Å². The second-order valence-corrected chi connectivity index (χ2v) is 13.2. The number of hydrogen-bond donors (Lipinski definition) is 2. The summed E-state index contributed by atoms with van der Waals surface area (Å²) in [5, 5.41) is 23.9. The molecule has 8 atom stereocenters. The van der Waals surface area contributed by atoms with Gasteiger partial charge in [-0.3, -0.25) is 9.59 Å². The minimum Gasteiger partial charge on any atom is -0.459 e. The van der Waals surface area contributed by atoms with Crippen LogP contribution >= 0.6 is 0 Å². The zero-order valence-electron chi connectivity index (χ0n) is 27.7. The van der Waals surface area contributed by atoms with Gasteiger partial charge in [0.2, 0.25) is 0 Å². The first-order valence-corrected chi connectivity index (χ1v) is 15.2. The Hall–Kier alpha value is -3.51. The van der Waals surface area contributed by atoms with Crippen molar-refractivity contribution in [2.75, 3.05) is 0 Å². The van der Waals surface area contributed by atoms with Crippen LogP contribution in [-0.4, -0.2) is 81.3 Å². The summed E-state index contributed by atoms with van der Waals surface area (Å²) in [4.78, 5) is 65.0. The first-order chi connectivity index (χ1) is 20.7. The number of fused-ring (bicyclic) bond motifs is 3. The molecule has 3 aliphatic rings. The second-order valence-electron chi connectivity index (χ2n) is 13.2. The highest BCUT2D eigenvalue weighted by atomic mass is 16.6.